The number of amides is 1. The number of carbonyl (C=O) groups is 1. The largest absolute Gasteiger partial charge is 0.394 e. The molecule has 0 aliphatic heterocycles. The lowest BCUT2D eigenvalue weighted by Gasteiger charge is -2.18. The van der Waals surface area contributed by atoms with Gasteiger partial charge in [-0.1, -0.05) is 44.2 Å². The summed E-state index contributed by atoms with van der Waals surface area (Å²) < 4.78 is 0. The summed E-state index contributed by atoms with van der Waals surface area (Å²) in [7, 11) is 0. The first-order valence-electron chi connectivity index (χ1n) is 6.56. The average Bonchev–Trinajstić information content (AvgIpc) is 2.36. The maximum absolute atomic E-state index is 11.7. The zero-order valence-corrected chi connectivity index (χ0v) is 11.2. The van der Waals surface area contributed by atoms with Gasteiger partial charge in [0, 0.05) is 6.42 Å². The predicted octanol–water partition coefficient (Wildman–Crippen LogP) is 2.14. The van der Waals surface area contributed by atoms with Gasteiger partial charge in [-0.25, -0.2) is 0 Å². The Hall–Kier alpha value is -1.35. The summed E-state index contributed by atoms with van der Waals surface area (Å²) in [6.45, 7) is 4.17. The third-order valence-electron chi connectivity index (χ3n) is 2.82. The van der Waals surface area contributed by atoms with Crippen LogP contribution in [0.2, 0.25) is 0 Å². The Bertz CT molecular complexity index is 349. The highest BCUT2D eigenvalue weighted by Gasteiger charge is 2.12. The van der Waals surface area contributed by atoms with Crippen molar-refractivity contribution in [2.45, 2.75) is 39.2 Å². The van der Waals surface area contributed by atoms with Crippen molar-refractivity contribution in [3.63, 3.8) is 0 Å². The summed E-state index contributed by atoms with van der Waals surface area (Å²) in [5.41, 5.74) is 1.16. The van der Waals surface area contributed by atoms with Crippen LogP contribution >= 0.6 is 0 Å². The zero-order valence-electron chi connectivity index (χ0n) is 11.2. The van der Waals surface area contributed by atoms with Gasteiger partial charge < -0.3 is 10.4 Å². The van der Waals surface area contributed by atoms with Crippen molar-refractivity contribution in [2.24, 2.45) is 5.92 Å². The number of aryl methyl sites for hydroxylation is 1. The van der Waals surface area contributed by atoms with Gasteiger partial charge in [0.05, 0.1) is 12.6 Å². The first-order valence-corrected chi connectivity index (χ1v) is 6.56. The minimum atomic E-state index is -0.117. The van der Waals surface area contributed by atoms with E-state index in [-0.39, 0.29) is 18.6 Å². The second-order valence-corrected chi connectivity index (χ2v) is 5.06. The lowest BCUT2D eigenvalue weighted by Crippen LogP contribution is -2.38. The molecule has 1 amide bonds. The van der Waals surface area contributed by atoms with Crippen molar-refractivity contribution < 1.29 is 9.90 Å². The molecule has 1 aromatic rings. The fraction of sp³-hybridized carbons (Fsp3) is 0.533. The molecule has 2 N–H and O–H groups in total. The smallest absolute Gasteiger partial charge is 0.220 e. The normalized spacial score (nSPS) is 12.4. The Kier molecular flexibility index (Phi) is 6.44. The average molecular weight is 249 g/mol. The molecule has 0 radical (unpaired) electrons. The standard InChI is InChI=1S/C15H23NO2/c1-12(2)10-14(11-17)16-15(18)9-8-13-6-4-3-5-7-13/h3-7,12,14,17H,8-11H2,1-2H3,(H,16,18). The number of nitrogens with one attached hydrogen (secondary N) is 1. The van der Waals surface area contributed by atoms with E-state index in [9.17, 15) is 9.90 Å². The monoisotopic (exact) mass is 249 g/mol. The van der Waals surface area contributed by atoms with Crippen molar-refractivity contribution in [3.8, 4) is 0 Å². The molecule has 0 bridgehead atoms. The van der Waals surface area contributed by atoms with E-state index >= 15 is 0 Å². The van der Waals surface area contributed by atoms with Gasteiger partial charge in [-0.05, 0) is 24.3 Å². The molecule has 0 saturated carbocycles. The van der Waals surface area contributed by atoms with E-state index in [0.29, 0.717) is 12.3 Å². The summed E-state index contributed by atoms with van der Waals surface area (Å²) in [5.74, 6) is 0.482. The van der Waals surface area contributed by atoms with Crippen LogP contribution in [0.3, 0.4) is 0 Å². The molecule has 3 nitrogen and oxygen atoms in total. The summed E-state index contributed by atoms with van der Waals surface area (Å²) in [6.07, 6.45) is 2.03. The molecular formula is C15H23NO2. The molecule has 0 aliphatic carbocycles. The molecule has 1 atom stereocenters. The number of hydrogen-bond donors (Lipinski definition) is 2. The lowest BCUT2D eigenvalue weighted by molar-refractivity contribution is -0.122. The van der Waals surface area contributed by atoms with Gasteiger partial charge in [0.2, 0.25) is 5.91 Å². The van der Waals surface area contributed by atoms with Crippen LogP contribution in [-0.4, -0.2) is 23.7 Å². The van der Waals surface area contributed by atoms with Gasteiger partial charge in [0.25, 0.3) is 0 Å². The SMILES string of the molecule is CC(C)CC(CO)NC(=O)CCc1ccccc1. The molecule has 0 aromatic heterocycles. The van der Waals surface area contributed by atoms with Crippen molar-refractivity contribution in [2.75, 3.05) is 6.61 Å². The highest BCUT2D eigenvalue weighted by atomic mass is 16.3. The maximum Gasteiger partial charge on any atom is 0.220 e. The third-order valence-corrected chi connectivity index (χ3v) is 2.82. The van der Waals surface area contributed by atoms with Crippen LogP contribution in [0.1, 0.15) is 32.3 Å². The number of aliphatic hydroxyl groups is 1. The van der Waals surface area contributed by atoms with E-state index in [1.807, 2.05) is 30.3 Å². The number of aliphatic hydroxyl groups excluding tert-OH is 1. The molecule has 18 heavy (non-hydrogen) atoms. The molecule has 1 rings (SSSR count). The van der Waals surface area contributed by atoms with E-state index in [4.69, 9.17) is 0 Å². The van der Waals surface area contributed by atoms with Crippen LogP contribution < -0.4 is 5.32 Å². The number of carbonyl (C=O) groups excluding carboxylic acids is 1. The molecule has 0 spiro atoms. The molecule has 0 fully saturated rings. The van der Waals surface area contributed by atoms with Gasteiger partial charge in [0.1, 0.15) is 0 Å². The van der Waals surface area contributed by atoms with Gasteiger partial charge in [-0.3, -0.25) is 4.79 Å². The van der Waals surface area contributed by atoms with E-state index in [1.165, 1.54) is 0 Å². The van der Waals surface area contributed by atoms with Crippen LogP contribution in [0.4, 0.5) is 0 Å². The maximum atomic E-state index is 11.7. The minimum absolute atomic E-state index is 0.00918. The van der Waals surface area contributed by atoms with Crippen molar-refractivity contribution in [3.05, 3.63) is 35.9 Å². The van der Waals surface area contributed by atoms with Crippen molar-refractivity contribution in [1.29, 1.82) is 0 Å². The number of rotatable bonds is 7. The first-order chi connectivity index (χ1) is 8.61. The van der Waals surface area contributed by atoms with Crippen LogP contribution in [0.25, 0.3) is 0 Å². The third kappa shape index (κ3) is 5.82. The Labute approximate surface area is 109 Å². The highest BCUT2D eigenvalue weighted by molar-refractivity contribution is 5.76. The minimum Gasteiger partial charge on any atom is -0.394 e. The fourth-order valence-electron chi connectivity index (χ4n) is 1.95. The first kappa shape index (κ1) is 14.7. The summed E-state index contributed by atoms with van der Waals surface area (Å²) >= 11 is 0. The lowest BCUT2D eigenvalue weighted by atomic mass is 10.0. The Balaban J connectivity index is 2.32. The van der Waals surface area contributed by atoms with Crippen LogP contribution in [0.5, 0.6) is 0 Å². The molecule has 0 aliphatic rings. The van der Waals surface area contributed by atoms with Crippen molar-refractivity contribution >= 4 is 5.91 Å². The molecule has 0 heterocycles. The van der Waals surface area contributed by atoms with E-state index in [0.717, 1.165) is 18.4 Å². The van der Waals surface area contributed by atoms with Crippen LogP contribution in [0.15, 0.2) is 30.3 Å². The number of benzene rings is 1. The van der Waals surface area contributed by atoms with Gasteiger partial charge in [-0.15, -0.1) is 0 Å². The van der Waals surface area contributed by atoms with E-state index in [2.05, 4.69) is 19.2 Å². The Morgan fingerprint density at radius 3 is 2.50 bits per heavy atom. The molecule has 3 heteroatoms. The predicted molar refractivity (Wildman–Crippen MR) is 73.2 cm³/mol. The molecular weight excluding hydrogens is 226 g/mol. The van der Waals surface area contributed by atoms with Gasteiger partial charge in [-0.2, -0.15) is 0 Å². The Morgan fingerprint density at radius 2 is 1.94 bits per heavy atom. The van der Waals surface area contributed by atoms with Crippen molar-refractivity contribution in [1.82, 2.24) is 5.32 Å². The zero-order chi connectivity index (χ0) is 13.4. The van der Waals surface area contributed by atoms with E-state index in [1.54, 1.807) is 0 Å². The van der Waals surface area contributed by atoms with Gasteiger partial charge >= 0.3 is 0 Å². The second-order valence-electron chi connectivity index (χ2n) is 5.06. The molecule has 0 saturated heterocycles. The fourth-order valence-corrected chi connectivity index (χ4v) is 1.95. The second kappa shape index (κ2) is 7.88. The molecule has 1 unspecified atom stereocenters. The molecule has 1 aromatic carbocycles. The topological polar surface area (TPSA) is 49.3 Å². The summed E-state index contributed by atoms with van der Waals surface area (Å²) in [5, 5.41) is 12.1. The summed E-state index contributed by atoms with van der Waals surface area (Å²) in [4.78, 5) is 11.7. The van der Waals surface area contributed by atoms with Crippen LogP contribution in [0, 0.1) is 5.92 Å². The quantitative estimate of drug-likeness (QED) is 0.778. The highest BCUT2D eigenvalue weighted by Crippen LogP contribution is 2.06. The van der Waals surface area contributed by atoms with E-state index < -0.39 is 0 Å². The number of hydrogen-bond acceptors (Lipinski definition) is 2. The van der Waals surface area contributed by atoms with Gasteiger partial charge in [0.15, 0.2) is 0 Å². The Morgan fingerprint density at radius 1 is 1.28 bits per heavy atom. The summed E-state index contributed by atoms with van der Waals surface area (Å²) in [6, 6.07) is 9.84. The molecule has 100 valence electrons. The van der Waals surface area contributed by atoms with Crippen LogP contribution in [-0.2, 0) is 11.2 Å².